The summed E-state index contributed by atoms with van der Waals surface area (Å²) in [6, 6.07) is 0. The molecule has 0 rings (SSSR count). The Hall–Kier alpha value is -1.21. The first-order valence-corrected chi connectivity index (χ1v) is 17.0. The molecule has 0 aliphatic heterocycles. The molecule has 0 amide bonds. The Morgan fingerprint density at radius 1 is 0.440 bits per heavy atom. The van der Waals surface area contributed by atoms with Crippen molar-refractivity contribution < 1.29 is 83.9 Å². The van der Waals surface area contributed by atoms with Gasteiger partial charge in [-0.3, -0.25) is 4.79 Å². The highest BCUT2D eigenvalue weighted by molar-refractivity contribution is 8.14. The van der Waals surface area contributed by atoms with Crippen LogP contribution in [0.5, 0.6) is 0 Å². The lowest BCUT2D eigenvalue weighted by Gasteiger charge is -2.42. The van der Waals surface area contributed by atoms with E-state index in [9.17, 15) is 79.4 Å². The number of unbranched alkanes of at least 4 members (excludes halogenated alkanes) is 15. The maximum absolute atomic E-state index is 14.2. The van der Waals surface area contributed by atoms with Crippen LogP contribution in [-0.2, 0) is 4.79 Å². The number of carbonyl (C=O) groups excluding carboxylic acids is 1. The van der Waals surface area contributed by atoms with Gasteiger partial charge < -0.3 is 4.48 Å². The second kappa shape index (κ2) is 18.7. The van der Waals surface area contributed by atoms with Crippen molar-refractivity contribution in [3.8, 4) is 0 Å². The summed E-state index contributed by atoms with van der Waals surface area (Å²) in [5, 5.41) is -8.85. The van der Waals surface area contributed by atoms with Gasteiger partial charge in [-0.25, -0.2) is 0 Å². The predicted molar refractivity (Wildman–Crippen MR) is 155 cm³/mol. The molecule has 0 radical (unpaired) electrons. The molecule has 0 aromatic rings. The molecule has 0 fully saturated rings. The number of nitrogens with zero attached hydrogens (tertiary/aromatic N) is 1. The number of thioether (sulfide) groups is 1. The summed E-state index contributed by atoms with van der Waals surface area (Å²) < 4.78 is 228. The smallest absolute Gasteiger partial charge is 0.322 e. The maximum atomic E-state index is 14.2. The van der Waals surface area contributed by atoms with Gasteiger partial charge in [0, 0.05) is 0 Å². The highest BCUT2D eigenvalue weighted by Gasteiger charge is 2.95. The van der Waals surface area contributed by atoms with Gasteiger partial charge >= 0.3 is 47.0 Å². The number of quaternary nitrogens is 1. The lowest BCUT2D eigenvalue weighted by molar-refractivity contribution is -0.882. The van der Waals surface area contributed by atoms with Crippen molar-refractivity contribution >= 4 is 16.9 Å². The molecule has 2 nitrogen and oxygen atoms in total. The van der Waals surface area contributed by atoms with Crippen LogP contribution in [-0.4, -0.2) is 83.7 Å². The van der Waals surface area contributed by atoms with E-state index in [1.807, 2.05) is 0 Å². The molecule has 300 valence electrons. The Balaban J connectivity index is 5.04. The largest absolute Gasteiger partial charge is 0.460 e. The Morgan fingerprint density at radius 3 is 1.04 bits per heavy atom. The molecule has 0 heterocycles. The average Bonchev–Trinajstić information content (AvgIpc) is 2.95. The summed E-state index contributed by atoms with van der Waals surface area (Å²) in [5.74, 6) is -50.4. The Morgan fingerprint density at radius 2 is 0.720 bits per heavy atom. The fourth-order valence-corrected chi connectivity index (χ4v) is 5.86. The summed E-state index contributed by atoms with van der Waals surface area (Å²) in [7, 11) is 2.43. The van der Waals surface area contributed by atoms with Crippen molar-refractivity contribution in [2.45, 2.75) is 157 Å². The zero-order valence-electron chi connectivity index (χ0n) is 27.9. The molecular weight excluding hydrogens is 745 g/mol. The topological polar surface area (TPSA) is 17.1 Å². The van der Waals surface area contributed by atoms with Gasteiger partial charge in [0.2, 0.25) is 5.12 Å². The van der Waals surface area contributed by atoms with Crippen molar-refractivity contribution in [3.05, 3.63) is 0 Å². The normalized spacial score (nSPS) is 14.8. The molecule has 0 N–H and O–H groups in total. The average molecular weight is 791 g/mol. The van der Waals surface area contributed by atoms with Gasteiger partial charge in [-0.2, -0.15) is 74.6 Å². The maximum Gasteiger partial charge on any atom is 0.460 e. The monoisotopic (exact) mass is 790 g/mol. The molecule has 0 bridgehead atoms. The van der Waals surface area contributed by atoms with E-state index in [0.717, 1.165) is 44.9 Å². The van der Waals surface area contributed by atoms with Crippen LogP contribution in [0.25, 0.3) is 0 Å². The third-order valence-electron chi connectivity index (χ3n) is 8.11. The molecule has 50 heavy (non-hydrogen) atoms. The molecule has 0 aliphatic carbocycles. The van der Waals surface area contributed by atoms with Crippen LogP contribution < -0.4 is 0 Å². The minimum Gasteiger partial charge on any atom is -0.322 e. The summed E-state index contributed by atoms with van der Waals surface area (Å²) >= 11 is -2.04. The van der Waals surface area contributed by atoms with Crippen LogP contribution >= 0.6 is 11.8 Å². The number of rotatable bonds is 26. The van der Waals surface area contributed by atoms with E-state index >= 15 is 0 Å². The SMILES string of the molecule is CCCCCCCCCCCCCCCCCC[N+](C)(C)CC(=O)SC(F)(F)C(F)(F)C(F)(F)C(F)(F)C(F)(F)C(F)(F)C(F)(F)C(F)(F)F. The number of halogens is 17. The van der Waals surface area contributed by atoms with Gasteiger partial charge in [0.05, 0.1) is 20.6 Å². The molecule has 0 saturated heterocycles. The summed E-state index contributed by atoms with van der Waals surface area (Å²) in [5.41, 5.74) is 0. The van der Waals surface area contributed by atoms with Crippen molar-refractivity contribution in [1.29, 1.82) is 0 Å². The lowest BCUT2D eigenvalue weighted by Crippen LogP contribution is -2.74. The number of hydrogen-bond donors (Lipinski definition) is 0. The lowest BCUT2D eigenvalue weighted by atomic mass is 9.91. The van der Waals surface area contributed by atoms with Crippen molar-refractivity contribution in [2.75, 3.05) is 27.2 Å². The van der Waals surface area contributed by atoms with Gasteiger partial charge in [0.15, 0.2) is 0 Å². The summed E-state index contributed by atoms with van der Waals surface area (Å²) in [6.45, 7) is 1.06. The third kappa shape index (κ3) is 11.9. The van der Waals surface area contributed by atoms with E-state index in [-0.39, 0.29) is 6.54 Å². The number of alkyl halides is 17. The molecule has 0 atom stereocenters. The van der Waals surface area contributed by atoms with Crippen LogP contribution in [0.3, 0.4) is 0 Å². The first-order valence-electron chi connectivity index (χ1n) is 16.2. The zero-order valence-corrected chi connectivity index (χ0v) is 28.7. The highest BCUT2D eigenvalue weighted by Crippen LogP contribution is 2.65. The first kappa shape index (κ1) is 48.8. The molecule has 20 heteroatoms. The second-order valence-electron chi connectivity index (χ2n) is 13.1. The third-order valence-corrected chi connectivity index (χ3v) is 8.98. The Kier molecular flexibility index (Phi) is 18.3. The molecule has 0 spiro atoms. The molecule has 0 aliphatic rings. The molecule has 0 aromatic carbocycles. The first-order chi connectivity index (χ1) is 22.4. The van der Waals surface area contributed by atoms with E-state index < -0.39 is 74.9 Å². The summed E-state index contributed by atoms with van der Waals surface area (Å²) in [4.78, 5) is 12.1. The van der Waals surface area contributed by atoms with Gasteiger partial charge in [0.25, 0.3) is 0 Å². The fraction of sp³-hybridized carbons (Fsp3) is 0.967. The van der Waals surface area contributed by atoms with Gasteiger partial charge in [-0.15, -0.1) is 0 Å². The van der Waals surface area contributed by atoms with E-state index in [1.165, 1.54) is 59.0 Å². The molecule has 0 unspecified atom stereocenters. The summed E-state index contributed by atoms with van der Waals surface area (Å²) in [6.07, 6.45) is 8.74. The Labute approximate surface area is 284 Å². The van der Waals surface area contributed by atoms with Gasteiger partial charge in [-0.05, 0) is 24.6 Å². The minimum absolute atomic E-state index is 0.0374. The molecular formula is C30H45F17NOS+. The zero-order chi connectivity index (χ0) is 39.5. The minimum atomic E-state index is -8.69. The Bertz CT molecular complexity index is 1020. The predicted octanol–water partition coefficient (Wildman–Crippen LogP) is 12.6. The molecule has 0 saturated carbocycles. The van der Waals surface area contributed by atoms with Crippen LogP contribution in [0, 0.1) is 0 Å². The van der Waals surface area contributed by atoms with Crippen molar-refractivity contribution in [1.82, 2.24) is 0 Å². The number of hydrogen-bond acceptors (Lipinski definition) is 2. The van der Waals surface area contributed by atoms with Crippen LogP contribution in [0.4, 0.5) is 74.6 Å². The van der Waals surface area contributed by atoms with Crippen LogP contribution in [0.1, 0.15) is 110 Å². The van der Waals surface area contributed by atoms with E-state index in [0.29, 0.717) is 12.8 Å². The van der Waals surface area contributed by atoms with E-state index in [1.54, 1.807) is 0 Å². The number of carbonyl (C=O) groups is 1. The van der Waals surface area contributed by atoms with Crippen molar-refractivity contribution in [2.24, 2.45) is 0 Å². The quantitative estimate of drug-likeness (QED) is 0.0493. The van der Waals surface area contributed by atoms with Gasteiger partial charge in [0.1, 0.15) is 6.54 Å². The van der Waals surface area contributed by atoms with Crippen LogP contribution in [0.15, 0.2) is 0 Å². The molecule has 0 aromatic heterocycles. The van der Waals surface area contributed by atoms with Crippen LogP contribution in [0.2, 0.25) is 0 Å². The standard InChI is InChI=1S/C30H45F17NOS/c1-4-5-6-7-8-9-10-11-12-13-14-15-16-17-18-19-20-48(2,3)21-22(49)50-30(46,47)28(41,42)26(37,38)24(33,34)23(31,32)25(35,36)27(39,40)29(43,44)45/h4-21H2,1-3H3/q+1. The van der Waals surface area contributed by atoms with Crippen molar-refractivity contribution in [3.63, 3.8) is 0 Å². The highest BCUT2D eigenvalue weighted by atomic mass is 32.2. The second-order valence-corrected chi connectivity index (χ2v) is 14.2. The van der Waals surface area contributed by atoms with Gasteiger partial charge in [-0.1, -0.05) is 96.8 Å². The van der Waals surface area contributed by atoms with E-state index in [4.69, 9.17) is 0 Å². The number of likely N-dealkylation sites (N-methyl/N-ethyl adjacent to an activating group) is 1. The fourth-order valence-electron chi connectivity index (χ4n) is 4.91. The van der Waals surface area contributed by atoms with E-state index in [2.05, 4.69) is 6.92 Å².